The number of hydrogen-bond donors (Lipinski definition) is 1. The number of rotatable bonds is 3. The standard InChI is InChI=1S/C7H9NO2/c9-6-8-10-7-4-2-1-3-5-7/h2,4-6H,1,3H2,(H,8,9). The zero-order valence-corrected chi connectivity index (χ0v) is 5.54. The van der Waals surface area contributed by atoms with Crippen LogP contribution in [0.15, 0.2) is 24.0 Å². The van der Waals surface area contributed by atoms with E-state index in [4.69, 9.17) is 4.84 Å². The average Bonchev–Trinajstić information content (AvgIpc) is 2.03. The van der Waals surface area contributed by atoms with Crippen LogP contribution in [-0.4, -0.2) is 6.41 Å². The van der Waals surface area contributed by atoms with E-state index in [9.17, 15) is 4.79 Å². The molecule has 0 bridgehead atoms. The fraction of sp³-hybridized carbons (Fsp3) is 0.286. The molecule has 0 aromatic carbocycles. The smallest absolute Gasteiger partial charge is 0.239 e. The Morgan fingerprint density at radius 1 is 1.60 bits per heavy atom. The number of hydroxylamine groups is 1. The van der Waals surface area contributed by atoms with Gasteiger partial charge in [-0.3, -0.25) is 4.79 Å². The maximum Gasteiger partial charge on any atom is 0.239 e. The molecule has 3 nitrogen and oxygen atoms in total. The summed E-state index contributed by atoms with van der Waals surface area (Å²) in [7, 11) is 0. The number of nitrogens with one attached hydrogen (secondary N) is 1. The zero-order valence-electron chi connectivity index (χ0n) is 5.54. The van der Waals surface area contributed by atoms with Gasteiger partial charge in [0.2, 0.25) is 6.41 Å². The van der Waals surface area contributed by atoms with Crippen molar-refractivity contribution in [2.45, 2.75) is 12.8 Å². The minimum absolute atomic E-state index is 0.503. The van der Waals surface area contributed by atoms with E-state index in [1.807, 2.05) is 18.2 Å². The van der Waals surface area contributed by atoms with E-state index >= 15 is 0 Å². The summed E-state index contributed by atoms with van der Waals surface area (Å²) in [5.41, 5.74) is 2.12. The molecule has 1 rings (SSSR count). The van der Waals surface area contributed by atoms with Crippen molar-refractivity contribution < 1.29 is 9.63 Å². The van der Waals surface area contributed by atoms with Gasteiger partial charge in [0.05, 0.1) is 0 Å². The SMILES string of the molecule is O=CNOC1=CCCC=C1. The Balaban J connectivity index is 2.32. The first-order valence-electron chi connectivity index (χ1n) is 3.16. The summed E-state index contributed by atoms with van der Waals surface area (Å²) in [5, 5.41) is 0. The summed E-state index contributed by atoms with van der Waals surface area (Å²) in [6.45, 7) is 0. The summed E-state index contributed by atoms with van der Waals surface area (Å²) >= 11 is 0. The highest BCUT2D eigenvalue weighted by atomic mass is 16.7. The summed E-state index contributed by atoms with van der Waals surface area (Å²) in [6.07, 6.45) is 8.29. The molecule has 0 radical (unpaired) electrons. The van der Waals surface area contributed by atoms with Gasteiger partial charge in [0.15, 0.2) is 5.76 Å². The molecule has 0 fully saturated rings. The molecule has 1 aliphatic rings. The van der Waals surface area contributed by atoms with Gasteiger partial charge in [-0.05, 0) is 25.0 Å². The first-order chi connectivity index (χ1) is 4.93. The summed E-state index contributed by atoms with van der Waals surface area (Å²) in [6, 6.07) is 0. The predicted octanol–water partition coefficient (Wildman–Crippen LogP) is 0.898. The van der Waals surface area contributed by atoms with Crippen LogP contribution in [0.4, 0.5) is 0 Å². The van der Waals surface area contributed by atoms with Crippen LogP contribution in [-0.2, 0) is 9.63 Å². The summed E-state index contributed by atoms with van der Waals surface area (Å²) in [4.78, 5) is 14.5. The van der Waals surface area contributed by atoms with Crippen molar-refractivity contribution in [2.75, 3.05) is 0 Å². The third kappa shape index (κ3) is 1.93. The largest absolute Gasteiger partial charge is 0.380 e. The van der Waals surface area contributed by atoms with Crippen molar-refractivity contribution in [3.63, 3.8) is 0 Å². The molecule has 10 heavy (non-hydrogen) atoms. The molecule has 1 N–H and O–H groups in total. The van der Waals surface area contributed by atoms with Crippen molar-refractivity contribution >= 4 is 6.41 Å². The molecule has 54 valence electrons. The molecule has 0 aromatic heterocycles. The average molecular weight is 139 g/mol. The Labute approximate surface area is 59.3 Å². The minimum atomic E-state index is 0.503. The molecule has 0 heterocycles. The number of carbonyl (C=O) groups is 1. The van der Waals surface area contributed by atoms with Crippen LogP contribution >= 0.6 is 0 Å². The molecule has 0 aromatic rings. The molecule has 1 aliphatic carbocycles. The molecule has 0 saturated carbocycles. The third-order valence-electron chi connectivity index (χ3n) is 1.19. The van der Waals surface area contributed by atoms with Gasteiger partial charge < -0.3 is 4.84 Å². The van der Waals surface area contributed by atoms with E-state index < -0.39 is 0 Å². The van der Waals surface area contributed by atoms with E-state index in [0.29, 0.717) is 12.2 Å². The van der Waals surface area contributed by atoms with Crippen molar-refractivity contribution in [3.8, 4) is 0 Å². The van der Waals surface area contributed by atoms with E-state index in [1.54, 1.807) is 0 Å². The fourth-order valence-corrected chi connectivity index (χ4v) is 0.757. The van der Waals surface area contributed by atoms with Crippen LogP contribution in [0.1, 0.15) is 12.8 Å². The van der Waals surface area contributed by atoms with E-state index in [1.165, 1.54) is 0 Å². The number of amides is 1. The second-order valence-electron chi connectivity index (χ2n) is 1.92. The first-order valence-corrected chi connectivity index (χ1v) is 3.16. The van der Waals surface area contributed by atoms with Gasteiger partial charge in [-0.15, -0.1) is 0 Å². The molecular formula is C7H9NO2. The fourth-order valence-electron chi connectivity index (χ4n) is 0.757. The predicted molar refractivity (Wildman–Crippen MR) is 36.7 cm³/mol. The molecule has 0 aliphatic heterocycles. The number of allylic oxidation sites excluding steroid dienone is 3. The lowest BCUT2D eigenvalue weighted by Gasteiger charge is -2.05. The highest BCUT2D eigenvalue weighted by Gasteiger charge is 1.95. The highest BCUT2D eigenvalue weighted by molar-refractivity contribution is 5.44. The van der Waals surface area contributed by atoms with Gasteiger partial charge in [0.1, 0.15) is 0 Å². The summed E-state index contributed by atoms with van der Waals surface area (Å²) < 4.78 is 0. The molecule has 0 atom stereocenters. The van der Waals surface area contributed by atoms with Gasteiger partial charge in [0.25, 0.3) is 0 Å². The van der Waals surface area contributed by atoms with Gasteiger partial charge in [0, 0.05) is 0 Å². The van der Waals surface area contributed by atoms with Crippen molar-refractivity contribution in [3.05, 3.63) is 24.0 Å². The van der Waals surface area contributed by atoms with Crippen LogP contribution in [0, 0.1) is 0 Å². The Morgan fingerprint density at radius 3 is 3.10 bits per heavy atom. The van der Waals surface area contributed by atoms with Crippen LogP contribution in [0.25, 0.3) is 0 Å². The quantitative estimate of drug-likeness (QED) is 0.466. The molecule has 0 unspecified atom stereocenters. The first kappa shape index (κ1) is 6.86. The lowest BCUT2D eigenvalue weighted by molar-refractivity contribution is -0.117. The van der Waals surface area contributed by atoms with Crippen LogP contribution in [0.5, 0.6) is 0 Å². The minimum Gasteiger partial charge on any atom is -0.380 e. The maximum absolute atomic E-state index is 9.76. The second-order valence-corrected chi connectivity index (χ2v) is 1.92. The normalized spacial score (nSPS) is 15.8. The zero-order chi connectivity index (χ0) is 7.23. The van der Waals surface area contributed by atoms with E-state index in [-0.39, 0.29) is 0 Å². The van der Waals surface area contributed by atoms with E-state index in [2.05, 4.69) is 5.48 Å². The summed E-state index contributed by atoms with van der Waals surface area (Å²) in [5.74, 6) is 0.707. The number of carbonyl (C=O) groups excluding carboxylic acids is 1. The van der Waals surface area contributed by atoms with Gasteiger partial charge in [-0.25, -0.2) is 0 Å². The Bertz CT molecular complexity index is 172. The van der Waals surface area contributed by atoms with Crippen LogP contribution < -0.4 is 5.48 Å². The Morgan fingerprint density at radius 2 is 2.50 bits per heavy atom. The molecule has 0 spiro atoms. The van der Waals surface area contributed by atoms with Crippen molar-refractivity contribution in [1.29, 1.82) is 0 Å². The highest BCUT2D eigenvalue weighted by Crippen LogP contribution is 2.08. The monoisotopic (exact) mass is 139 g/mol. The molecule has 3 heteroatoms. The van der Waals surface area contributed by atoms with Gasteiger partial charge in [-0.2, -0.15) is 5.48 Å². The topological polar surface area (TPSA) is 38.3 Å². The second kappa shape index (κ2) is 3.71. The van der Waals surface area contributed by atoms with Gasteiger partial charge in [-0.1, -0.05) is 6.08 Å². The Hall–Kier alpha value is -1.25. The maximum atomic E-state index is 9.76. The lowest BCUT2D eigenvalue weighted by Crippen LogP contribution is -2.10. The molecular weight excluding hydrogens is 130 g/mol. The third-order valence-corrected chi connectivity index (χ3v) is 1.19. The van der Waals surface area contributed by atoms with E-state index in [0.717, 1.165) is 12.8 Å². The Kier molecular flexibility index (Phi) is 2.55. The van der Waals surface area contributed by atoms with Crippen LogP contribution in [0.3, 0.4) is 0 Å². The molecule has 0 saturated heterocycles. The van der Waals surface area contributed by atoms with Crippen molar-refractivity contribution in [1.82, 2.24) is 5.48 Å². The number of hydrogen-bond acceptors (Lipinski definition) is 2. The molecule has 1 amide bonds. The van der Waals surface area contributed by atoms with Crippen LogP contribution in [0.2, 0.25) is 0 Å². The van der Waals surface area contributed by atoms with Gasteiger partial charge >= 0.3 is 0 Å². The van der Waals surface area contributed by atoms with Crippen molar-refractivity contribution in [2.24, 2.45) is 0 Å². The lowest BCUT2D eigenvalue weighted by atomic mass is 10.2.